The van der Waals surface area contributed by atoms with Crippen molar-refractivity contribution in [2.24, 2.45) is 0 Å². The van der Waals surface area contributed by atoms with Crippen LogP contribution in [0.2, 0.25) is 0 Å². The molecular weight excluding hydrogens is 238 g/mol. The van der Waals surface area contributed by atoms with Crippen LogP contribution in [0.15, 0.2) is 24.7 Å². The van der Waals surface area contributed by atoms with Crippen LogP contribution >= 0.6 is 0 Å². The first kappa shape index (κ1) is 11.5. The van der Waals surface area contributed by atoms with E-state index in [1.165, 1.54) is 6.33 Å². The van der Waals surface area contributed by atoms with E-state index in [4.69, 9.17) is 9.84 Å². The number of hydrogen-bond acceptors (Lipinski definition) is 6. The number of pyridine rings is 1. The summed E-state index contributed by atoms with van der Waals surface area (Å²) in [6.07, 6.45) is -0.731. The van der Waals surface area contributed by atoms with Crippen LogP contribution in [0, 0.1) is 0 Å². The molecular formula is C11H13N3O4. The fourth-order valence-electron chi connectivity index (χ4n) is 2.16. The summed E-state index contributed by atoms with van der Waals surface area (Å²) in [5, 5.41) is 28.7. The summed E-state index contributed by atoms with van der Waals surface area (Å²) in [6, 6.07) is 3.55. The highest BCUT2D eigenvalue weighted by Crippen LogP contribution is 2.30. The first-order chi connectivity index (χ1) is 8.72. The molecule has 1 aliphatic rings. The summed E-state index contributed by atoms with van der Waals surface area (Å²) in [5.41, 5.74) is 1.24. The Labute approximate surface area is 102 Å². The molecule has 0 aromatic carbocycles. The normalized spacial score (nSPS) is 32.2. The summed E-state index contributed by atoms with van der Waals surface area (Å²) >= 11 is 0. The molecule has 3 N–H and O–H groups in total. The van der Waals surface area contributed by atoms with Crippen molar-refractivity contribution in [3.63, 3.8) is 0 Å². The predicted octanol–water partition coefficient (Wildman–Crippen LogP) is -0.957. The number of imidazole rings is 1. The maximum absolute atomic E-state index is 9.93. The molecule has 1 fully saturated rings. The second-order valence-corrected chi connectivity index (χ2v) is 4.23. The maximum atomic E-state index is 9.93. The average molecular weight is 251 g/mol. The van der Waals surface area contributed by atoms with Gasteiger partial charge >= 0.3 is 0 Å². The van der Waals surface area contributed by atoms with Gasteiger partial charge in [-0.2, -0.15) is 0 Å². The molecule has 7 nitrogen and oxygen atoms in total. The van der Waals surface area contributed by atoms with Crippen molar-refractivity contribution >= 4 is 11.2 Å². The van der Waals surface area contributed by atoms with Crippen molar-refractivity contribution in [1.82, 2.24) is 14.5 Å². The van der Waals surface area contributed by atoms with Crippen LogP contribution in [0.5, 0.6) is 0 Å². The average Bonchev–Trinajstić information content (AvgIpc) is 2.93. The molecule has 96 valence electrons. The Bertz CT molecular complexity index is 558. The van der Waals surface area contributed by atoms with E-state index < -0.39 is 24.5 Å². The van der Waals surface area contributed by atoms with E-state index in [1.807, 2.05) is 0 Å². The lowest BCUT2D eigenvalue weighted by atomic mass is 10.1. The lowest BCUT2D eigenvalue weighted by molar-refractivity contribution is -0.0511. The Hall–Kier alpha value is -1.54. The molecule has 1 aliphatic heterocycles. The summed E-state index contributed by atoms with van der Waals surface area (Å²) in [7, 11) is 0. The lowest BCUT2D eigenvalue weighted by Gasteiger charge is -2.16. The van der Waals surface area contributed by atoms with Gasteiger partial charge in [0.05, 0.1) is 12.9 Å². The molecule has 7 heteroatoms. The molecule has 0 radical (unpaired) electrons. The van der Waals surface area contributed by atoms with Crippen molar-refractivity contribution in [2.75, 3.05) is 6.61 Å². The lowest BCUT2D eigenvalue weighted by Crippen LogP contribution is -2.33. The van der Waals surface area contributed by atoms with Gasteiger partial charge < -0.3 is 20.1 Å². The summed E-state index contributed by atoms with van der Waals surface area (Å²) in [4.78, 5) is 8.30. The van der Waals surface area contributed by atoms with Crippen molar-refractivity contribution < 1.29 is 20.1 Å². The quantitative estimate of drug-likeness (QED) is 0.635. The molecule has 2 aromatic rings. The summed E-state index contributed by atoms with van der Waals surface area (Å²) in [6.45, 7) is -0.352. The van der Waals surface area contributed by atoms with E-state index in [9.17, 15) is 10.2 Å². The second-order valence-electron chi connectivity index (χ2n) is 4.23. The van der Waals surface area contributed by atoms with Crippen LogP contribution in [-0.4, -0.2) is 54.8 Å². The zero-order valence-electron chi connectivity index (χ0n) is 9.42. The third kappa shape index (κ3) is 1.60. The Morgan fingerprint density at radius 3 is 2.83 bits per heavy atom. The minimum Gasteiger partial charge on any atom is -0.394 e. The molecule has 0 bridgehead atoms. The molecule has 0 saturated carbocycles. The van der Waals surface area contributed by atoms with Crippen LogP contribution in [0.1, 0.15) is 6.23 Å². The summed E-state index contributed by atoms with van der Waals surface area (Å²) in [5.74, 6) is 0. The van der Waals surface area contributed by atoms with E-state index in [0.717, 1.165) is 0 Å². The highest BCUT2D eigenvalue weighted by Gasteiger charge is 2.43. The minimum absolute atomic E-state index is 0.352. The Morgan fingerprint density at radius 1 is 1.28 bits per heavy atom. The second kappa shape index (κ2) is 4.29. The SMILES string of the molecule is OC[C@H]1O[C@@H](n2cnc3cccnc32)[C@@H](O)C1O. The number of aromatic nitrogens is 3. The highest BCUT2D eigenvalue weighted by molar-refractivity contribution is 5.70. The van der Waals surface area contributed by atoms with Crippen molar-refractivity contribution in [3.8, 4) is 0 Å². The fourth-order valence-corrected chi connectivity index (χ4v) is 2.16. The molecule has 0 aliphatic carbocycles. The van der Waals surface area contributed by atoms with Crippen LogP contribution in [-0.2, 0) is 4.74 Å². The van der Waals surface area contributed by atoms with Gasteiger partial charge in [0.15, 0.2) is 11.9 Å². The number of fused-ring (bicyclic) bond motifs is 1. The minimum atomic E-state index is -1.12. The molecule has 3 heterocycles. The molecule has 0 spiro atoms. The van der Waals surface area contributed by atoms with E-state index in [2.05, 4.69) is 9.97 Å². The van der Waals surface area contributed by atoms with Gasteiger partial charge in [-0.3, -0.25) is 4.57 Å². The van der Waals surface area contributed by atoms with Gasteiger partial charge in [-0.25, -0.2) is 9.97 Å². The third-order valence-electron chi connectivity index (χ3n) is 3.12. The van der Waals surface area contributed by atoms with Gasteiger partial charge in [-0.05, 0) is 12.1 Å². The Morgan fingerprint density at radius 2 is 2.11 bits per heavy atom. The Balaban J connectivity index is 2.00. The molecule has 1 saturated heterocycles. The highest BCUT2D eigenvalue weighted by atomic mass is 16.6. The Kier molecular flexibility index (Phi) is 2.75. The largest absolute Gasteiger partial charge is 0.394 e. The first-order valence-electron chi connectivity index (χ1n) is 5.62. The van der Waals surface area contributed by atoms with Gasteiger partial charge in [0.25, 0.3) is 0 Å². The number of aliphatic hydroxyl groups is 3. The zero-order valence-corrected chi connectivity index (χ0v) is 9.42. The number of rotatable bonds is 2. The van der Waals surface area contributed by atoms with Crippen molar-refractivity contribution in [2.45, 2.75) is 24.5 Å². The molecule has 1 unspecified atom stereocenters. The van der Waals surface area contributed by atoms with Gasteiger partial charge in [0.2, 0.25) is 0 Å². The maximum Gasteiger partial charge on any atom is 0.165 e. The fraction of sp³-hybridized carbons (Fsp3) is 0.455. The van der Waals surface area contributed by atoms with Gasteiger partial charge in [0.1, 0.15) is 23.8 Å². The van der Waals surface area contributed by atoms with Crippen molar-refractivity contribution in [1.29, 1.82) is 0 Å². The van der Waals surface area contributed by atoms with Crippen molar-refractivity contribution in [3.05, 3.63) is 24.7 Å². The van der Waals surface area contributed by atoms with Gasteiger partial charge in [-0.1, -0.05) is 0 Å². The van der Waals surface area contributed by atoms with Crippen LogP contribution in [0.3, 0.4) is 0 Å². The molecule has 3 rings (SSSR count). The third-order valence-corrected chi connectivity index (χ3v) is 3.12. The standard InChI is InChI=1S/C11H13N3O4/c15-4-7-8(16)9(17)11(18-7)14-5-13-6-2-1-3-12-10(6)14/h1-3,5,7-9,11,15-17H,4H2/t7-,8?,9+,11-/m1/s1. The smallest absolute Gasteiger partial charge is 0.165 e. The van der Waals surface area contributed by atoms with Crippen LogP contribution in [0.25, 0.3) is 11.2 Å². The summed E-state index contributed by atoms with van der Waals surface area (Å²) < 4.78 is 6.98. The van der Waals surface area contributed by atoms with E-state index >= 15 is 0 Å². The number of nitrogens with zero attached hydrogens (tertiary/aromatic N) is 3. The topological polar surface area (TPSA) is 101 Å². The monoisotopic (exact) mass is 251 g/mol. The van der Waals surface area contributed by atoms with Gasteiger partial charge in [0, 0.05) is 6.20 Å². The predicted molar refractivity (Wildman–Crippen MR) is 60.5 cm³/mol. The number of hydrogen-bond donors (Lipinski definition) is 3. The molecule has 18 heavy (non-hydrogen) atoms. The van der Waals surface area contributed by atoms with Gasteiger partial charge in [-0.15, -0.1) is 0 Å². The zero-order chi connectivity index (χ0) is 12.7. The molecule has 4 atom stereocenters. The van der Waals surface area contributed by atoms with Crippen LogP contribution < -0.4 is 0 Å². The van der Waals surface area contributed by atoms with E-state index in [-0.39, 0.29) is 6.61 Å². The van der Waals surface area contributed by atoms with E-state index in [0.29, 0.717) is 11.2 Å². The molecule has 0 amide bonds. The first-order valence-corrected chi connectivity index (χ1v) is 5.62. The number of aliphatic hydroxyl groups excluding tert-OH is 3. The van der Waals surface area contributed by atoms with Crippen LogP contribution in [0.4, 0.5) is 0 Å². The molecule has 2 aromatic heterocycles. The van der Waals surface area contributed by atoms with E-state index in [1.54, 1.807) is 22.9 Å². The number of ether oxygens (including phenoxy) is 1.